The first-order valence-electron chi connectivity index (χ1n) is 8.45. The van der Waals surface area contributed by atoms with E-state index in [1.807, 2.05) is 30.3 Å². The molecule has 1 aliphatic rings. The Bertz CT molecular complexity index is 972. The number of hydrogen-bond donors (Lipinski definition) is 4. The van der Waals surface area contributed by atoms with Crippen molar-refractivity contribution in [3.8, 4) is 5.75 Å². The minimum atomic E-state index is -1.04. The van der Waals surface area contributed by atoms with Crippen LogP contribution in [0.2, 0.25) is 0 Å². The van der Waals surface area contributed by atoms with E-state index in [-0.39, 0.29) is 17.7 Å². The highest BCUT2D eigenvalue weighted by molar-refractivity contribution is 5.98. The fourth-order valence-corrected chi connectivity index (χ4v) is 3.03. The minimum absolute atomic E-state index is 0.0632. The van der Waals surface area contributed by atoms with Crippen LogP contribution in [0.1, 0.15) is 24.1 Å². The van der Waals surface area contributed by atoms with E-state index in [1.54, 1.807) is 6.92 Å². The molecule has 1 unspecified atom stereocenters. The number of nitro groups is 1. The van der Waals surface area contributed by atoms with Gasteiger partial charge in [-0.1, -0.05) is 42.5 Å². The van der Waals surface area contributed by atoms with Crippen LogP contribution in [0.25, 0.3) is 0 Å². The van der Waals surface area contributed by atoms with E-state index in [0.29, 0.717) is 5.70 Å². The number of rotatable bonds is 5. The van der Waals surface area contributed by atoms with Crippen LogP contribution in [-0.4, -0.2) is 22.0 Å². The molecular weight excluding hydrogens is 364 g/mol. The van der Waals surface area contributed by atoms with Crippen LogP contribution in [0.5, 0.6) is 5.75 Å². The van der Waals surface area contributed by atoms with Gasteiger partial charge in [-0.25, -0.2) is 4.79 Å². The zero-order chi connectivity index (χ0) is 20.3. The fraction of sp³-hybridized carbons (Fsp3) is 0.158. The van der Waals surface area contributed by atoms with Gasteiger partial charge in [0.05, 0.1) is 16.5 Å². The molecule has 0 radical (unpaired) electrons. The van der Waals surface area contributed by atoms with E-state index in [1.165, 1.54) is 12.1 Å². The Hall–Kier alpha value is -3.88. The predicted octanol–water partition coefficient (Wildman–Crippen LogP) is 2.24. The maximum absolute atomic E-state index is 12.8. The lowest BCUT2D eigenvalue weighted by atomic mass is 9.93. The Morgan fingerprint density at radius 2 is 1.93 bits per heavy atom. The number of carbonyl (C=O) groups is 2. The largest absolute Gasteiger partial charge is 0.502 e. The molecule has 1 atom stereocenters. The van der Waals surface area contributed by atoms with Gasteiger partial charge in [0.25, 0.3) is 5.91 Å². The molecule has 0 saturated heterocycles. The number of phenols is 1. The molecule has 144 valence electrons. The average molecular weight is 382 g/mol. The van der Waals surface area contributed by atoms with Gasteiger partial charge in [0.1, 0.15) is 0 Å². The zero-order valence-electron chi connectivity index (χ0n) is 14.9. The number of nitro benzene ring substituents is 1. The van der Waals surface area contributed by atoms with Crippen LogP contribution in [0, 0.1) is 10.1 Å². The standard InChI is InChI=1S/C19H18N4O5/c1-11-15(18(25)20-10-12-6-3-2-4-7-12)16(22-19(26)21-11)13-8-5-9-14(17(13)24)23(27)28/h2-9,16,24H,10H2,1H3,(H,20,25)(H2,21,22,26). The Balaban J connectivity index is 1.94. The normalized spacial score (nSPS) is 16.2. The number of nitrogens with zero attached hydrogens (tertiary/aromatic N) is 1. The fourth-order valence-electron chi connectivity index (χ4n) is 3.03. The second-order valence-corrected chi connectivity index (χ2v) is 6.21. The van der Waals surface area contributed by atoms with Crippen molar-refractivity contribution in [2.24, 2.45) is 0 Å². The van der Waals surface area contributed by atoms with E-state index in [2.05, 4.69) is 16.0 Å². The summed E-state index contributed by atoms with van der Waals surface area (Å²) < 4.78 is 0. The highest BCUT2D eigenvalue weighted by Crippen LogP contribution is 2.37. The molecule has 1 aliphatic heterocycles. The molecule has 2 aromatic carbocycles. The summed E-state index contributed by atoms with van der Waals surface area (Å²) in [5.41, 5.74) is 0.897. The number of urea groups is 1. The van der Waals surface area contributed by atoms with Crippen LogP contribution in [0.4, 0.5) is 10.5 Å². The van der Waals surface area contributed by atoms with E-state index in [4.69, 9.17) is 0 Å². The van der Waals surface area contributed by atoms with Gasteiger partial charge in [-0.15, -0.1) is 0 Å². The molecular formula is C19H18N4O5. The van der Waals surface area contributed by atoms with Crippen molar-refractivity contribution in [1.82, 2.24) is 16.0 Å². The molecule has 0 bridgehead atoms. The summed E-state index contributed by atoms with van der Waals surface area (Å²) in [6.07, 6.45) is 0. The summed E-state index contributed by atoms with van der Waals surface area (Å²) in [6.45, 7) is 1.82. The number of amides is 3. The lowest BCUT2D eigenvalue weighted by Crippen LogP contribution is -2.46. The van der Waals surface area contributed by atoms with Crippen LogP contribution in [0.15, 0.2) is 59.8 Å². The van der Waals surface area contributed by atoms with Crippen LogP contribution in [-0.2, 0) is 11.3 Å². The second-order valence-electron chi connectivity index (χ2n) is 6.21. The number of hydrogen-bond acceptors (Lipinski definition) is 5. The summed E-state index contributed by atoms with van der Waals surface area (Å²) >= 11 is 0. The third kappa shape index (κ3) is 3.78. The van der Waals surface area contributed by atoms with Crippen molar-refractivity contribution in [1.29, 1.82) is 0 Å². The average Bonchev–Trinajstić information content (AvgIpc) is 2.66. The van der Waals surface area contributed by atoms with E-state index >= 15 is 0 Å². The van der Waals surface area contributed by atoms with Crippen molar-refractivity contribution in [2.45, 2.75) is 19.5 Å². The van der Waals surface area contributed by atoms with Crippen molar-refractivity contribution in [3.63, 3.8) is 0 Å². The molecule has 2 aromatic rings. The van der Waals surface area contributed by atoms with E-state index in [9.17, 15) is 24.8 Å². The predicted molar refractivity (Wildman–Crippen MR) is 100 cm³/mol. The molecule has 9 nitrogen and oxygen atoms in total. The zero-order valence-corrected chi connectivity index (χ0v) is 14.9. The van der Waals surface area contributed by atoms with Crippen molar-refractivity contribution < 1.29 is 19.6 Å². The van der Waals surface area contributed by atoms with Crippen molar-refractivity contribution in [2.75, 3.05) is 0 Å². The van der Waals surface area contributed by atoms with Gasteiger partial charge in [0.15, 0.2) is 5.75 Å². The Kier molecular flexibility index (Phi) is 5.25. The SMILES string of the molecule is CC1=C(C(=O)NCc2ccccc2)C(c2cccc([N+](=O)[O-])c2O)NC(=O)N1. The molecule has 9 heteroatoms. The minimum Gasteiger partial charge on any atom is -0.502 e. The number of allylic oxidation sites excluding steroid dienone is 1. The Labute approximate surface area is 160 Å². The summed E-state index contributed by atoms with van der Waals surface area (Å²) in [4.78, 5) is 35.1. The number of para-hydroxylation sites is 1. The highest BCUT2D eigenvalue weighted by atomic mass is 16.6. The van der Waals surface area contributed by atoms with E-state index in [0.717, 1.165) is 11.6 Å². The van der Waals surface area contributed by atoms with Crippen LogP contribution >= 0.6 is 0 Å². The van der Waals surface area contributed by atoms with Gasteiger partial charge in [0.2, 0.25) is 0 Å². The topological polar surface area (TPSA) is 134 Å². The first-order valence-corrected chi connectivity index (χ1v) is 8.45. The monoisotopic (exact) mass is 382 g/mol. The second kappa shape index (κ2) is 7.78. The van der Waals surface area contributed by atoms with Gasteiger partial charge < -0.3 is 21.1 Å². The molecule has 4 N–H and O–H groups in total. The van der Waals surface area contributed by atoms with Crippen molar-refractivity contribution in [3.05, 3.63) is 81.0 Å². The number of nitrogens with one attached hydrogen (secondary N) is 3. The Morgan fingerprint density at radius 1 is 1.21 bits per heavy atom. The van der Waals surface area contributed by atoms with Gasteiger partial charge in [-0.2, -0.15) is 0 Å². The van der Waals surface area contributed by atoms with Crippen LogP contribution < -0.4 is 16.0 Å². The maximum atomic E-state index is 12.8. The molecule has 0 spiro atoms. The molecule has 0 aliphatic carbocycles. The molecule has 0 saturated carbocycles. The summed E-state index contributed by atoms with van der Waals surface area (Å²) in [7, 11) is 0. The molecule has 28 heavy (non-hydrogen) atoms. The third-order valence-corrected chi connectivity index (χ3v) is 4.36. The lowest BCUT2D eigenvalue weighted by molar-refractivity contribution is -0.385. The van der Waals surface area contributed by atoms with Gasteiger partial charge in [-0.3, -0.25) is 14.9 Å². The molecule has 3 amide bonds. The van der Waals surface area contributed by atoms with Gasteiger partial charge >= 0.3 is 11.7 Å². The molecule has 1 heterocycles. The lowest BCUT2D eigenvalue weighted by Gasteiger charge is -2.29. The summed E-state index contributed by atoms with van der Waals surface area (Å²) in [5.74, 6) is -1.06. The van der Waals surface area contributed by atoms with Crippen molar-refractivity contribution >= 4 is 17.6 Å². The number of carbonyl (C=O) groups excluding carboxylic acids is 2. The van der Waals surface area contributed by atoms with Crippen LogP contribution in [0.3, 0.4) is 0 Å². The molecule has 0 aromatic heterocycles. The van der Waals surface area contributed by atoms with Gasteiger partial charge in [0, 0.05) is 23.9 Å². The quantitative estimate of drug-likeness (QED) is 0.465. The summed E-state index contributed by atoms with van der Waals surface area (Å²) in [5, 5.41) is 29.3. The highest BCUT2D eigenvalue weighted by Gasteiger charge is 2.34. The Morgan fingerprint density at radius 3 is 2.61 bits per heavy atom. The maximum Gasteiger partial charge on any atom is 0.319 e. The van der Waals surface area contributed by atoms with E-state index < -0.39 is 34.3 Å². The number of aromatic hydroxyl groups is 1. The number of benzene rings is 2. The molecule has 0 fully saturated rings. The van der Waals surface area contributed by atoms with Gasteiger partial charge in [-0.05, 0) is 12.5 Å². The number of phenolic OH excluding ortho intramolecular Hbond substituents is 1. The first kappa shape index (κ1) is 18.9. The summed E-state index contributed by atoms with van der Waals surface area (Å²) in [6, 6.07) is 11.6. The third-order valence-electron chi connectivity index (χ3n) is 4.36. The first-order chi connectivity index (χ1) is 13.4. The molecule has 3 rings (SSSR count). The smallest absolute Gasteiger partial charge is 0.319 e.